The summed E-state index contributed by atoms with van der Waals surface area (Å²) in [5, 5.41) is 0. The van der Waals surface area contributed by atoms with Gasteiger partial charge >= 0.3 is 0 Å². The van der Waals surface area contributed by atoms with Crippen molar-refractivity contribution in [3.63, 3.8) is 0 Å². The third-order valence-corrected chi connectivity index (χ3v) is 4.79. The van der Waals surface area contributed by atoms with Gasteiger partial charge in [0, 0.05) is 23.4 Å². The SMILES string of the molecule is CN1C(=O)C[C@@H]2C(I)CCC[C@@H]21. The average Bonchev–Trinajstić information content (AvgIpc) is 2.32. The van der Waals surface area contributed by atoms with Gasteiger partial charge in [0.25, 0.3) is 0 Å². The molecule has 1 amide bonds. The van der Waals surface area contributed by atoms with E-state index in [0.717, 1.165) is 10.3 Å². The fraction of sp³-hybridized carbons (Fsp3) is 0.889. The molecule has 1 aliphatic carbocycles. The third-order valence-electron chi connectivity index (χ3n) is 3.24. The monoisotopic (exact) mass is 279 g/mol. The van der Waals surface area contributed by atoms with Crippen LogP contribution in [0.25, 0.3) is 0 Å². The number of carbonyl (C=O) groups excluding carboxylic acids is 1. The molecule has 1 unspecified atom stereocenters. The highest BCUT2D eigenvalue weighted by Crippen LogP contribution is 2.39. The van der Waals surface area contributed by atoms with Crippen molar-refractivity contribution in [3.05, 3.63) is 0 Å². The highest BCUT2D eigenvalue weighted by molar-refractivity contribution is 14.1. The zero-order valence-electron chi connectivity index (χ0n) is 7.29. The maximum Gasteiger partial charge on any atom is 0.222 e. The van der Waals surface area contributed by atoms with Gasteiger partial charge in [0.2, 0.25) is 5.91 Å². The van der Waals surface area contributed by atoms with E-state index in [1.807, 2.05) is 11.9 Å². The van der Waals surface area contributed by atoms with Crippen molar-refractivity contribution in [2.24, 2.45) is 5.92 Å². The molecule has 0 aromatic rings. The Balaban J connectivity index is 2.16. The molecule has 1 saturated carbocycles. The van der Waals surface area contributed by atoms with Crippen LogP contribution in [0.5, 0.6) is 0 Å². The Morgan fingerprint density at radius 3 is 2.92 bits per heavy atom. The van der Waals surface area contributed by atoms with Crippen LogP contribution in [-0.2, 0) is 4.79 Å². The molecule has 3 atom stereocenters. The number of halogens is 1. The molecule has 0 bridgehead atoms. The molecule has 3 heteroatoms. The maximum atomic E-state index is 11.4. The van der Waals surface area contributed by atoms with Crippen LogP contribution < -0.4 is 0 Å². The van der Waals surface area contributed by atoms with Crippen LogP contribution in [-0.4, -0.2) is 27.8 Å². The van der Waals surface area contributed by atoms with Gasteiger partial charge in [0.15, 0.2) is 0 Å². The van der Waals surface area contributed by atoms with Crippen molar-refractivity contribution in [2.75, 3.05) is 7.05 Å². The molecule has 68 valence electrons. The molecule has 0 aromatic heterocycles. The van der Waals surface area contributed by atoms with Gasteiger partial charge in [-0.3, -0.25) is 4.79 Å². The van der Waals surface area contributed by atoms with Gasteiger partial charge < -0.3 is 4.90 Å². The quantitative estimate of drug-likeness (QED) is 0.489. The number of hydrogen-bond acceptors (Lipinski definition) is 1. The van der Waals surface area contributed by atoms with Crippen LogP contribution in [0.1, 0.15) is 25.7 Å². The Kier molecular flexibility index (Phi) is 2.31. The van der Waals surface area contributed by atoms with Crippen LogP contribution in [0, 0.1) is 5.92 Å². The Morgan fingerprint density at radius 1 is 1.50 bits per heavy atom. The van der Waals surface area contributed by atoms with Gasteiger partial charge in [-0.05, 0) is 18.8 Å². The number of amides is 1. The van der Waals surface area contributed by atoms with E-state index >= 15 is 0 Å². The molecule has 2 aliphatic rings. The smallest absolute Gasteiger partial charge is 0.222 e. The maximum absolute atomic E-state index is 11.4. The summed E-state index contributed by atoms with van der Waals surface area (Å²) in [6.45, 7) is 0. The van der Waals surface area contributed by atoms with Crippen molar-refractivity contribution in [2.45, 2.75) is 35.6 Å². The molecule has 0 N–H and O–H groups in total. The van der Waals surface area contributed by atoms with Gasteiger partial charge in [0.1, 0.15) is 0 Å². The normalized spacial score (nSPS) is 41.7. The zero-order chi connectivity index (χ0) is 8.72. The predicted molar refractivity (Wildman–Crippen MR) is 56.3 cm³/mol. The van der Waals surface area contributed by atoms with E-state index in [9.17, 15) is 4.79 Å². The van der Waals surface area contributed by atoms with E-state index in [0.29, 0.717) is 17.9 Å². The second kappa shape index (κ2) is 3.16. The Labute approximate surface area is 86.8 Å². The van der Waals surface area contributed by atoms with Crippen molar-refractivity contribution in [1.82, 2.24) is 4.90 Å². The molecule has 2 rings (SSSR count). The summed E-state index contributed by atoms with van der Waals surface area (Å²) in [5.74, 6) is 1.01. The van der Waals surface area contributed by atoms with E-state index in [2.05, 4.69) is 22.6 Å². The van der Waals surface area contributed by atoms with Crippen molar-refractivity contribution < 1.29 is 4.79 Å². The molecule has 1 heterocycles. The van der Waals surface area contributed by atoms with Gasteiger partial charge in [-0.2, -0.15) is 0 Å². The lowest BCUT2D eigenvalue weighted by molar-refractivity contribution is -0.127. The standard InChI is InChI=1S/C9H14INO/c1-11-8-4-2-3-7(10)6(8)5-9(11)12/h6-8H,2-5H2,1H3/t6-,7?,8+/m1/s1. The first-order valence-electron chi connectivity index (χ1n) is 4.60. The number of alkyl halides is 1. The summed E-state index contributed by atoms with van der Waals surface area (Å²) in [6.07, 6.45) is 4.64. The number of fused-ring (bicyclic) bond motifs is 1. The van der Waals surface area contributed by atoms with E-state index < -0.39 is 0 Å². The Morgan fingerprint density at radius 2 is 2.25 bits per heavy atom. The highest BCUT2D eigenvalue weighted by atomic mass is 127. The number of carbonyl (C=O) groups is 1. The minimum absolute atomic E-state index is 0.355. The van der Waals surface area contributed by atoms with E-state index in [1.165, 1.54) is 19.3 Å². The van der Waals surface area contributed by atoms with Crippen molar-refractivity contribution in [3.8, 4) is 0 Å². The average molecular weight is 279 g/mol. The molecule has 2 nitrogen and oxygen atoms in total. The second-order valence-corrected chi connectivity index (χ2v) is 5.49. The van der Waals surface area contributed by atoms with Crippen molar-refractivity contribution in [1.29, 1.82) is 0 Å². The van der Waals surface area contributed by atoms with E-state index in [4.69, 9.17) is 0 Å². The van der Waals surface area contributed by atoms with Crippen LogP contribution in [0.4, 0.5) is 0 Å². The molecule has 0 radical (unpaired) electrons. The van der Waals surface area contributed by atoms with Gasteiger partial charge in [-0.25, -0.2) is 0 Å². The second-order valence-electron chi connectivity index (χ2n) is 3.89. The van der Waals surface area contributed by atoms with Crippen LogP contribution in [0.3, 0.4) is 0 Å². The van der Waals surface area contributed by atoms with Crippen LogP contribution in [0.2, 0.25) is 0 Å². The first kappa shape index (κ1) is 8.78. The molecular formula is C9H14INO. The summed E-state index contributed by atoms with van der Waals surface area (Å²) in [6, 6.07) is 0.563. The lowest BCUT2D eigenvalue weighted by atomic mass is 9.85. The molecule has 1 saturated heterocycles. The molecule has 2 fully saturated rings. The zero-order valence-corrected chi connectivity index (χ0v) is 9.45. The molecule has 12 heavy (non-hydrogen) atoms. The lowest BCUT2D eigenvalue weighted by Crippen LogP contribution is -2.37. The fourth-order valence-electron chi connectivity index (χ4n) is 2.47. The summed E-state index contributed by atoms with van der Waals surface area (Å²) >= 11 is 2.52. The lowest BCUT2D eigenvalue weighted by Gasteiger charge is -2.32. The summed E-state index contributed by atoms with van der Waals surface area (Å²) in [7, 11) is 1.96. The number of likely N-dealkylation sites (tertiary alicyclic amines) is 1. The van der Waals surface area contributed by atoms with Crippen LogP contribution in [0.15, 0.2) is 0 Å². The molecular weight excluding hydrogens is 265 g/mol. The Bertz CT molecular complexity index is 207. The van der Waals surface area contributed by atoms with E-state index in [1.54, 1.807) is 0 Å². The predicted octanol–water partition coefficient (Wildman–Crippen LogP) is 1.82. The first-order chi connectivity index (χ1) is 5.70. The van der Waals surface area contributed by atoms with Crippen molar-refractivity contribution >= 4 is 28.5 Å². The summed E-state index contributed by atoms with van der Waals surface area (Å²) < 4.78 is 0.732. The van der Waals surface area contributed by atoms with Gasteiger partial charge in [-0.1, -0.05) is 29.0 Å². The van der Waals surface area contributed by atoms with Gasteiger partial charge in [-0.15, -0.1) is 0 Å². The largest absolute Gasteiger partial charge is 0.342 e. The number of nitrogens with zero attached hydrogens (tertiary/aromatic N) is 1. The minimum atomic E-state index is 0.355. The summed E-state index contributed by atoms with van der Waals surface area (Å²) in [5.41, 5.74) is 0. The van der Waals surface area contributed by atoms with E-state index in [-0.39, 0.29) is 0 Å². The fourth-order valence-corrected chi connectivity index (χ4v) is 3.64. The Hall–Kier alpha value is 0.200. The topological polar surface area (TPSA) is 20.3 Å². The molecule has 1 aliphatic heterocycles. The first-order valence-corrected chi connectivity index (χ1v) is 5.84. The summed E-state index contributed by atoms with van der Waals surface area (Å²) in [4.78, 5) is 13.4. The number of rotatable bonds is 0. The minimum Gasteiger partial charge on any atom is -0.342 e. The third kappa shape index (κ3) is 1.26. The van der Waals surface area contributed by atoms with Crippen LogP contribution >= 0.6 is 22.6 Å². The number of hydrogen-bond donors (Lipinski definition) is 0. The molecule has 0 spiro atoms. The highest BCUT2D eigenvalue weighted by Gasteiger charge is 2.42. The molecule has 0 aromatic carbocycles. The van der Waals surface area contributed by atoms with Gasteiger partial charge in [0.05, 0.1) is 0 Å².